The van der Waals surface area contributed by atoms with E-state index < -0.39 is 15.4 Å². The lowest BCUT2D eigenvalue weighted by Gasteiger charge is -2.39. The Balaban J connectivity index is 1.30. The molecule has 1 aliphatic carbocycles. The first kappa shape index (κ1) is 26.8. The number of hydrogen-bond donors (Lipinski definition) is 1. The van der Waals surface area contributed by atoms with Crippen LogP contribution in [0.1, 0.15) is 59.3 Å². The van der Waals surface area contributed by atoms with Crippen LogP contribution in [0.25, 0.3) is 0 Å². The molecule has 12 heteroatoms. The molecule has 1 N–H and O–H groups in total. The molecule has 3 atom stereocenters. The van der Waals surface area contributed by atoms with E-state index in [1.54, 1.807) is 12.1 Å². The molecule has 10 nitrogen and oxygen atoms in total. The number of carbonyl (C=O) groups excluding carboxylic acids is 1. The van der Waals surface area contributed by atoms with Crippen molar-refractivity contribution in [2.45, 2.75) is 93.2 Å². The minimum atomic E-state index is -3.35. The molecule has 38 heavy (non-hydrogen) atoms. The van der Waals surface area contributed by atoms with Crippen molar-refractivity contribution in [3.8, 4) is 11.6 Å². The molecule has 0 radical (unpaired) electrons. The molecule has 2 bridgehead atoms. The number of nitrogens with zero attached hydrogens (tertiary/aromatic N) is 3. The molecular weight excluding hydrogens is 532 g/mol. The van der Waals surface area contributed by atoms with Gasteiger partial charge in [-0.1, -0.05) is 11.6 Å². The Bertz CT molecular complexity index is 1310. The van der Waals surface area contributed by atoms with Crippen LogP contribution in [0.3, 0.4) is 0 Å². The van der Waals surface area contributed by atoms with Crippen LogP contribution >= 0.6 is 11.6 Å². The summed E-state index contributed by atoms with van der Waals surface area (Å²) in [4.78, 5) is 23.4. The molecule has 2 saturated heterocycles. The van der Waals surface area contributed by atoms with Crippen LogP contribution < -0.4 is 14.8 Å². The largest absolute Gasteiger partial charge is 0.489 e. The second-order valence-corrected chi connectivity index (χ2v) is 13.7. The summed E-state index contributed by atoms with van der Waals surface area (Å²) < 4.78 is 42.6. The molecule has 1 aromatic carbocycles. The van der Waals surface area contributed by atoms with Crippen molar-refractivity contribution in [1.29, 1.82) is 0 Å². The first-order valence-corrected chi connectivity index (χ1v) is 14.8. The number of hydrogen-bond acceptors (Lipinski definition) is 9. The molecular formula is C26H33ClN4O6S. The average Bonchev–Trinajstić information content (AvgIpc) is 3.65. The van der Waals surface area contributed by atoms with Crippen LogP contribution in [-0.4, -0.2) is 65.5 Å². The fraction of sp³-hybridized carbons (Fsp3) is 0.577. The summed E-state index contributed by atoms with van der Waals surface area (Å²) in [6.07, 6.45) is 5.43. The standard InChI is InChI=1S/C26H33ClN4O6S/c1-26(2,3)37-25(32)31-15-5-6-16(31)12-17(11-15)36-24-22(35-4)23(28-14-29-24)30-21-10-9-19(13-20(21)27)38(33,34)18-7-8-18/h9-10,13-18H,5-8,11-12H2,1-4H3,(H,28,29,30)/t15-,16?,17?/m0/s1. The lowest BCUT2D eigenvalue weighted by molar-refractivity contribution is -0.00792. The number of carbonyl (C=O) groups is 1. The normalized spacial score (nSPS) is 23.2. The number of aromatic nitrogens is 2. The van der Waals surface area contributed by atoms with Gasteiger partial charge in [0.2, 0.25) is 5.75 Å². The van der Waals surface area contributed by atoms with Gasteiger partial charge in [0, 0.05) is 24.9 Å². The maximum absolute atomic E-state index is 12.8. The van der Waals surface area contributed by atoms with Gasteiger partial charge in [-0.3, -0.25) is 0 Å². The number of piperidine rings is 1. The van der Waals surface area contributed by atoms with E-state index in [9.17, 15) is 13.2 Å². The summed E-state index contributed by atoms with van der Waals surface area (Å²) in [6.45, 7) is 5.61. The summed E-state index contributed by atoms with van der Waals surface area (Å²) in [5.41, 5.74) is -0.0656. The topological polar surface area (TPSA) is 120 Å². The van der Waals surface area contributed by atoms with E-state index in [4.69, 9.17) is 25.8 Å². The van der Waals surface area contributed by atoms with Gasteiger partial charge in [-0.15, -0.1) is 0 Å². The Morgan fingerprint density at radius 1 is 1.11 bits per heavy atom. The van der Waals surface area contributed by atoms with Gasteiger partial charge in [0.25, 0.3) is 5.88 Å². The lowest BCUT2D eigenvalue weighted by atomic mass is 10.0. The van der Waals surface area contributed by atoms with Crippen molar-refractivity contribution < 1.29 is 27.4 Å². The first-order chi connectivity index (χ1) is 18.0. The highest BCUT2D eigenvalue weighted by Crippen LogP contribution is 2.41. The maximum atomic E-state index is 12.8. The number of methoxy groups -OCH3 is 1. The summed E-state index contributed by atoms with van der Waals surface area (Å²) in [5.74, 6) is 0.927. The van der Waals surface area contributed by atoms with Gasteiger partial charge < -0.3 is 24.4 Å². The molecule has 3 fully saturated rings. The summed E-state index contributed by atoms with van der Waals surface area (Å²) in [6, 6.07) is 4.70. The van der Waals surface area contributed by atoms with Crippen molar-refractivity contribution in [3.63, 3.8) is 0 Å². The van der Waals surface area contributed by atoms with Crippen LogP contribution in [0.5, 0.6) is 11.6 Å². The van der Waals surface area contributed by atoms with Crippen LogP contribution in [0.2, 0.25) is 5.02 Å². The maximum Gasteiger partial charge on any atom is 0.410 e. The number of nitrogens with one attached hydrogen (secondary N) is 1. The van der Waals surface area contributed by atoms with E-state index >= 15 is 0 Å². The van der Waals surface area contributed by atoms with E-state index in [0.717, 1.165) is 12.8 Å². The summed E-state index contributed by atoms with van der Waals surface area (Å²) in [7, 11) is -1.85. The second-order valence-electron chi connectivity index (χ2n) is 11.1. The van der Waals surface area contributed by atoms with Gasteiger partial charge >= 0.3 is 6.09 Å². The van der Waals surface area contributed by atoms with Crippen LogP contribution in [0.4, 0.5) is 16.3 Å². The lowest BCUT2D eigenvalue weighted by Crippen LogP contribution is -2.50. The second kappa shape index (κ2) is 10.1. The number of sulfone groups is 1. The zero-order chi connectivity index (χ0) is 27.2. The predicted molar refractivity (Wildman–Crippen MR) is 142 cm³/mol. The minimum absolute atomic E-state index is 0.0447. The van der Waals surface area contributed by atoms with Crippen molar-refractivity contribution in [2.24, 2.45) is 0 Å². The van der Waals surface area contributed by atoms with Gasteiger partial charge in [0.15, 0.2) is 15.7 Å². The number of amides is 1. The molecule has 2 aliphatic heterocycles. The number of halogens is 1. The van der Waals surface area contributed by atoms with Gasteiger partial charge in [-0.2, -0.15) is 4.98 Å². The van der Waals surface area contributed by atoms with E-state index in [2.05, 4.69) is 15.3 Å². The first-order valence-electron chi connectivity index (χ1n) is 12.8. The Morgan fingerprint density at radius 3 is 2.37 bits per heavy atom. The van der Waals surface area contributed by atoms with Crippen molar-refractivity contribution in [3.05, 3.63) is 29.5 Å². The fourth-order valence-corrected chi connectivity index (χ4v) is 7.15. The predicted octanol–water partition coefficient (Wildman–Crippen LogP) is 5.13. The smallest absolute Gasteiger partial charge is 0.410 e. The monoisotopic (exact) mass is 564 g/mol. The molecule has 1 aromatic heterocycles. The third kappa shape index (κ3) is 5.49. The molecule has 2 aromatic rings. The Hall–Kier alpha value is -2.79. The molecule has 3 aliphatic rings. The molecule has 206 valence electrons. The van der Waals surface area contributed by atoms with Crippen molar-refractivity contribution in [1.82, 2.24) is 14.9 Å². The third-order valence-corrected chi connectivity index (χ3v) is 9.61. The zero-order valence-corrected chi connectivity index (χ0v) is 23.5. The highest BCUT2D eigenvalue weighted by Gasteiger charge is 2.46. The molecule has 3 heterocycles. The van der Waals surface area contributed by atoms with E-state index in [1.807, 2.05) is 25.7 Å². The Kier molecular flexibility index (Phi) is 7.10. The Morgan fingerprint density at radius 2 is 1.79 bits per heavy atom. The molecule has 0 spiro atoms. The van der Waals surface area contributed by atoms with Crippen LogP contribution in [0.15, 0.2) is 29.4 Å². The summed E-state index contributed by atoms with van der Waals surface area (Å²) in [5, 5.41) is 3.05. The molecule has 5 rings (SSSR count). The highest BCUT2D eigenvalue weighted by atomic mass is 35.5. The fourth-order valence-electron chi connectivity index (χ4n) is 5.18. The van der Waals surface area contributed by atoms with E-state index in [0.29, 0.717) is 42.9 Å². The number of fused-ring (bicyclic) bond motifs is 2. The van der Waals surface area contributed by atoms with Crippen molar-refractivity contribution >= 4 is 39.0 Å². The minimum Gasteiger partial charge on any atom is -0.489 e. The van der Waals surface area contributed by atoms with Crippen molar-refractivity contribution in [2.75, 3.05) is 12.4 Å². The van der Waals surface area contributed by atoms with E-state index in [1.165, 1.54) is 19.5 Å². The number of benzene rings is 1. The number of ether oxygens (including phenoxy) is 3. The van der Waals surface area contributed by atoms with Gasteiger partial charge in [-0.05, 0) is 64.7 Å². The highest BCUT2D eigenvalue weighted by molar-refractivity contribution is 7.92. The van der Waals surface area contributed by atoms with Crippen LogP contribution in [-0.2, 0) is 14.6 Å². The van der Waals surface area contributed by atoms with Gasteiger partial charge in [0.05, 0.1) is 28.0 Å². The van der Waals surface area contributed by atoms with E-state index in [-0.39, 0.29) is 45.3 Å². The zero-order valence-electron chi connectivity index (χ0n) is 21.9. The molecule has 1 amide bonds. The SMILES string of the molecule is COc1c(Nc2ccc(S(=O)(=O)C3CC3)cc2Cl)ncnc1OC1CC2CC[C@@H](C1)N2C(=O)OC(C)(C)C. The number of rotatable bonds is 7. The average molecular weight is 565 g/mol. The summed E-state index contributed by atoms with van der Waals surface area (Å²) >= 11 is 6.43. The molecule has 2 unspecified atom stereocenters. The quantitative estimate of drug-likeness (QED) is 0.488. The van der Waals surface area contributed by atoms with Gasteiger partial charge in [0.1, 0.15) is 18.0 Å². The third-order valence-electron chi connectivity index (χ3n) is 7.03. The number of anilines is 2. The van der Waals surface area contributed by atoms with Crippen LogP contribution in [0, 0.1) is 0 Å². The molecule has 1 saturated carbocycles. The Labute approximate surface area is 227 Å². The van der Waals surface area contributed by atoms with Gasteiger partial charge in [-0.25, -0.2) is 18.2 Å².